The predicted molar refractivity (Wildman–Crippen MR) is 153 cm³/mol. The normalized spacial score (nSPS) is 15.8. The van der Waals surface area contributed by atoms with Crippen LogP contribution in [-0.4, -0.2) is 47.4 Å². The van der Waals surface area contributed by atoms with E-state index in [1.807, 2.05) is 13.8 Å². The van der Waals surface area contributed by atoms with E-state index in [2.05, 4.69) is 0 Å². The van der Waals surface area contributed by atoms with Crippen molar-refractivity contribution in [2.45, 2.75) is 135 Å². The second-order valence-corrected chi connectivity index (χ2v) is 10.8. The van der Waals surface area contributed by atoms with E-state index in [1.165, 1.54) is 12.1 Å². The summed E-state index contributed by atoms with van der Waals surface area (Å²) >= 11 is 0. The average Bonchev–Trinajstić information content (AvgIpc) is 2.93. The number of unbranched alkanes of at least 4 members (excludes halogenated alkanes) is 4. The second-order valence-electron chi connectivity index (χ2n) is 10.8. The summed E-state index contributed by atoms with van der Waals surface area (Å²) in [7, 11) is 0. The molecule has 0 heterocycles. The third-order valence-corrected chi connectivity index (χ3v) is 7.23. The molecule has 0 saturated heterocycles. The Morgan fingerprint density at radius 1 is 0.902 bits per heavy atom. The molecule has 0 aromatic heterocycles. The number of rotatable bonds is 17. The Hall–Kier alpha value is -3.14. The van der Waals surface area contributed by atoms with Crippen LogP contribution in [0.25, 0.3) is 0 Å². The first-order valence-electron chi connectivity index (χ1n) is 15.0. The molecular formula is C31H47NO9. The maximum Gasteiger partial charge on any atom is 0.508 e. The first-order chi connectivity index (χ1) is 19.6. The number of carboxylic acid groups (broad SMARTS) is 1. The molecule has 1 fully saturated rings. The van der Waals surface area contributed by atoms with Gasteiger partial charge in [-0.2, -0.15) is 0 Å². The van der Waals surface area contributed by atoms with Crippen molar-refractivity contribution in [3.05, 3.63) is 23.8 Å². The lowest BCUT2D eigenvalue weighted by molar-refractivity contribution is -0.139. The van der Waals surface area contributed by atoms with Crippen molar-refractivity contribution in [3.8, 4) is 11.5 Å². The highest BCUT2D eigenvalue weighted by atomic mass is 16.7. The molecular weight excluding hydrogens is 530 g/mol. The van der Waals surface area contributed by atoms with E-state index in [9.17, 15) is 24.3 Å². The van der Waals surface area contributed by atoms with Gasteiger partial charge >= 0.3 is 24.1 Å². The maximum atomic E-state index is 12.6. The van der Waals surface area contributed by atoms with Crippen LogP contribution in [0.4, 0.5) is 4.79 Å². The van der Waals surface area contributed by atoms with Gasteiger partial charge in [-0.1, -0.05) is 52.0 Å². The van der Waals surface area contributed by atoms with Crippen LogP contribution in [0, 0.1) is 0 Å². The topological polar surface area (TPSA) is 151 Å². The van der Waals surface area contributed by atoms with Gasteiger partial charge in [0.2, 0.25) is 0 Å². The Labute approximate surface area is 243 Å². The van der Waals surface area contributed by atoms with E-state index in [-0.39, 0.29) is 36.9 Å². The standard InChI is InChI=1S/C31H47NO9/c1-4-6-9-15-27(33)40-25-18-17-22(20-26(25)41-28(34)16-10-7-5-2)24(29(32)30(35)36)19-21(3)38-31(37)39-23-13-11-8-12-14-23/h17-18,20-21,23-24,29H,4-16,19,32H2,1-3H3,(H,35,36)/t21?,24?,29-/m0/s1. The number of ether oxygens (including phenoxy) is 4. The monoisotopic (exact) mass is 577 g/mol. The van der Waals surface area contributed by atoms with Gasteiger partial charge in [0.1, 0.15) is 18.2 Å². The molecule has 1 aliphatic carbocycles. The van der Waals surface area contributed by atoms with Gasteiger partial charge in [0, 0.05) is 18.8 Å². The third kappa shape index (κ3) is 12.5. The van der Waals surface area contributed by atoms with Crippen molar-refractivity contribution in [2.24, 2.45) is 5.73 Å². The molecule has 0 aliphatic heterocycles. The van der Waals surface area contributed by atoms with E-state index < -0.39 is 42.1 Å². The summed E-state index contributed by atoms with van der Waals surface area (Å²) in [5.74, 6) is -2.90. The van der Waals surface area contributed by atoms with Crippen molar-refractivity contribution in [1.82, 2.24) is 0 Å². The molecule has 3 N–H and O–H groups in total. The van der Waals surface area contributed by atoms with Gasteiger partial charge in [0.05, 0.1) is 0 Å². The van der Waals surface area contributed by atoms with Gasteiger partial charge in [0.25, 0.3) is 0 Å². The minimum atomic E-state index is -1.34. The van der Waals surface area contributed by atoms with Crippen LogP contribution in [0.5, 0.6) is 11.5 Å². The van der Waals surface area contributed by atoms with Crippen molar-refractivity contribution in [1.29, 1.82) is 0 Å². The van der Waals surface area contributed by atoms with E-state index >= 15 is 0 Å². The summed E-state index contributed by atoms with van der Waals surface area (Å²) in [4.78, 5) is 49.3. The lowest BCUT2D eigenvalue weighted by Crippen LogP contribution is -2.38. The summed E-state index contributed by atoms with van der Waals surface area (Å²) in [6.07, 6.45) is 8.49. The van der Waals surface area contributed by atoms with Crippen LogP contribution in [0.15, 0.2) is 18.2 Å². The molecule has 41 heavy (non-hydrogen) atoms. The maximum absolute atomic E-state index is 12.6. The largest absolute Gasteiger partial charge is 0.508 e. The third-order valence-electron chi connectivity index (χ3n) is 7.23. The summed E-state index contributed by atoms with van der Waals surface area (Å²) in [6.45, 7) is 5.70. The van der Waals surface area contributed by atoms with Crippen LogP contribution in [0.2, 0.25) is 0 Å². The number of hydrogen-bond acceptors (Lipinski definition) is 9. The highest BCUT2D eigenvalue weighted by molar-refractivity contribution is 5.77. The molecule has 0 amide bonds. The zero-order valence-electron chi connectivity index (χ0n) is 24.7. The molecule has 10 heteroatoms. The second kappa shape index (κ2) is 18.3. The quantitative estimate of drug-likeness (QED) is 0.121. The summed E-state index contributed by atoms with van der Waals surface area (Å²) in [5.41, 5.74) is 6.52. The molecule has 10 nitrogen and oxygen atoms in total. The average molecular weight is 578 g/mol. The first-order valence-corrected chi connectivity index (χ1v) is 15.0. The van der Waals surface area contributed by atoms with Gasteiger partial charge in [0.15, 0.2) is 11.5 Å². The molecule has 0 spiro atoms. The van der Waals surface area contributed by atoms with Gasteiger partial charge in [-0.3, -0.25) is 14.4 Å². The van der Waals surface area contributed by atoms with E-state index in [0.717, 1.165) is 57.8 Å². The number of hydrogen-bond donors (Lipinski definition) is 2. The number of carbonyl (C=O) groups excluding carboxylic acids is 3. The van der Waals surface area contributed by atoms with Crippen LogP contribution < -0.4 is 15.2 Å². The highest BCUT2D eigenvalue weighted by Crippen LogP contribution is 2.35. The minimum Gasteiger partial charge on any atom is -0.480 e. The van der Waals surface area contributed by atoms with Crippen molar-refractivity contribution >= 4 is 24.1 Å². The van der Waals surface area contributed by atoms with E-state index in [4.69, 9.17) is 24.7 Å². The number of carboxylic acids is 1. The fourth-order valence-electron chi connectivity index (χ4n) is 4.88. The molecule has 2 unspecified atom stereocenters. The fourth-order valence-corrected chi connectivity index (χ4v) is 4.88. The Morgan fingerprint density at radius 2 is 1.49 bits per heavy atom. The molecule has 3 atom stereocenters. The molecule has 0 bridgehead atoms. The molecule has 1 aliphatic rings. The number of benzene rings is 1. The smallest absolute Gasteiger partial charge is 0.480 e. The van der Waals surface area contributed by atoms with Crippen molar-refractivity contribution in [2.75, 3.05) is 0 Å². The Kier molecular flexibility index (Phi) is 15.2. The zero-order chi connectivity index (χ0) is 30.2. The fraction of sp³-hybridized carbons (Fsp3) is 0.677. The lowest BCUT2D eigenvalue weighted by atomic mass is 9.87. The minimum absolute atomic E-state index is 0.0145. The number of nitrogens with two attached hydrogens (primary N) is 1. The molecule has 1 aromatic carbocycles. The lowest BCUT2D eigenvalue weighted by Gasteiger charge is -2.26. The molecule has 2 rings (SSSR count). The van der Waals surface area contributed by atoms with E-state index in [1.54, 1.807) is 13.0 Å². The summed E-state index contributed by atoms with van der Waals surface area (Å²) < 4.78 is 22.0. The van der Waals surface area contributed by atoms with Gasteiger partial charge < -0.3 is 29.8 Å². The molecule has 230 valence electrons. The van der Waals surface area contributed by atoms with Gasteiger partial charge in [-0.15, -0.1) is 0 Å². The number of aliphatic carboxylic acids is 1. The van der Waals surface area contributed by atoms with Gasteiger partial charge in [-0.05, 0) is 69.6 Å². The van der Waals surface area contributed by atoms with Crippen LogP contribution in [-0.2, 0) is 23.9 Å². The van der Waals surface area contributed by atoms with Crippen LogP contribution in [0.3, 0.4) is 0 Å². The Balaban J connectivity index is 2.24. The summed E-state index contributed by atoms with van der Waals surface area (Å²) in [5, 5.41) is 9.72. The first kappa shape index (κ1) is 34.1. The molecule has 0 radical (unpaired) electrons. The van der Waals surface area contributed by atoms with Crippen LogP contribution in [0.1, 0.15) is 122 Å². The van der Waals surface area contributed by atoms with Crippen molar-refractivity contribution in [3.63, 3.8) is 0 Å². The Bertz CT molecular complexity index is 990. The molecule has 1 aromatic rings. The van der Waals surface area contributed by atoms with E-state index in [0.29, 0.717) is 18.4 Å². The molecule has 1 saturated carbocycles. The highest BCUT2D eigenvalue weighted by Gasteiger charge is 2.31. The zero-order valence-corrected chi connectivity index (χ0v) is 24.7. The number of carbonyl (C=O) groups is 4. The predicted octanol–water partition coefficient (Wildman–Crippen LogP) is 6.42. The van der Waals surface area contributed by atoms with Gasteiger partial charge in [-0.25, -0.2) is 4.79 Å². The SMILES string of the molecule is CCCCCC(=O)Oc1ccc(C(CC(C)OC(=O)OC2CCCCC2)[C@H](N)C(=O)O)cc1OC(=O)CCCCC. The Morgan fingerprint density at radius 3 is 2.05 bits per heavy atom. The van der Waals surface area contributed by atoms with Crippen LogP contribution >= 0.6 is 0 Å². The number of esters is 2. The van der Waals surface area contributed by atoms with Crippen molar-refractivity contribution < 1.29 is 43.2 Å². The summed E-state index contributed by atoms with van der Waals surface area (Å²) in [6, 6.07) is 3.20.